The number of halogens is 1. The molecule has 3 aromatic rings. The number of nitrogen functional groups attached to an aromatic ring is 1. The van der Waals surface area contributed by atoms with Gasteiger partial charge in [-0.15, -0.1) is 5.10 Å². The van der Waals surface area contributed by atoms with Crippen LogP contribution in [0.2, 0.25) is 0 Å². The van der Waals surface area contributed by atoms with Crippen LogP contribution in [0.3, 0.4) is 0 Å². The molecule has 0 bridgehead atoms. The lowest BCUT2D eigenvalue weighted by atomic mass is 10.2. The van der Waals surface area contributed by atoms with Gasteiger partial charge in [0.1, 0.15) is 0 Å². The van der Waals surface area contributed by atoms with Crippen molar-refractivity contribution in [3.63, 3.8) is 0 Å². The van der Waals surface area contributed by atoms with Crippen LogP contribution in [0, 0.1) is 0 Å². The molecule has 0 saturated carbocycles. The molecule has 2 N–H and O–H groups in total. The zero-order valence-electron chi connectivity index (χ0n) is 9.12. The van der Waals surface area contributed by atoms with Crippen LogP contribution < -0.4 is 5.73 Å². The van der Waals surface area contributed by atoms with E-state index in [1.165, 1.54) is 0 Å². The molecule has 0 saturated heterocycles. The summed E-state index contributed by atoms with van der Waals surface area (Å²) in [6, 6.07) is 7.62. The normalized spacial score (nSPS) is 10.7. The second-order valence-electron chi connectivity index (χ2n) is 3.63. The second-order valence-corrected chi connectivity index (χ2v) is 5.27. The minimum absolute atomic E-state index is 0.660. The Kier molecular flexibility index (Phi) is 2.85. The van der Waals surface area contributed by atoms with Crippen molar-refractivity contribution in [1.82, 2.24) is 20.2 Å². The maximum atomic E-state index is 5.87. The van der Waals surface area contributed by atoms with Gasteiger partial charge in [-0.05, 0) is 56.0 Å². The fraction of sp³-hybridized carbons (Fsp3) is 0. The van der Waals surface area contributed by atoms with Gasteiger partial charge in [0.2, 0.25) is 0 Å². The Morgan fingerprint density at radius 3 is 2.89 bits per heavy atom. The van der Waals surface area contributed by atoms with Crippen LogP contribution >= 0.6 is 27.3 Å². The van der Waals surface area contributed by atoms with Crippen molar-refractivity contribution in [1.29, 1.82) is 0 Å². The van der Waals surface area contributed by atoms with Crippen molar-refractivity contribution in [3.8, 4) is 17.1 Å². The van der Waals surface area contributed by atoms with Crippen molar-refractivity contribution in [2.24, 2.45) is 0 Å². The molecule has 0 unspecified atom stereocenters. The van der Waals surface area contributed by atoms with Gasteiger partial charge in [-0.3, -0.25) is 0 Å². The molecule has 7 heteroatoms. The number of hydrogen-bond donors (Lipinski definition) is 1. The van der Waals surface area contributed by atoms with Crippen LogP contribution in [0.5, 0.6) is 0 Å². The first kappa shape index (κ1) is 11.4. The van der Waals surface area contributed by atoms with E-state index in [1.807, 2.05) is 35.0 Å². The van der Waals surface area contributed by atoms with E-state index >= 15 is 0 Å². The van der Waals surface area contributed by atoms with Crippen molar-refractivity contribution in [3.05, 3.63) is 39.5 Å². The van der Waals surface area contributed by atoms with Crippen LogP contribution in [0.25, 0.3) is 17.1 Å². The molecule has 5 nitrogen and oxygen atoms in total. The molecule has 0 aliphatic carbocycles. The van der Waals surface area contributed by atoms with Gasteiger partial charge in [0.25, 0.3) is 0 Å². The van der Waals surface area contributed by atoms with Gasteiger partial charge in [-0.25, -0.2) is 0 Å². The van der Waals surface area contributed by atoms with Gasteiger partial charge in [0.15, 0.2) is 5.82 Å². The summed E-state index contributed by atoms with van der Waals surface area (Å²) in [6.07, 6.45) is 0. The Hall–Kier alpha value is -1.73. The Bertz CT molecular complexity index is 677. The molecule has 1 aromatic carbocycles. The fourth-order valence-electron chi connectivity index (χ4n) is 1.60. The molecule has 0 aliphatic heterocycles. The van der Waals surface area contributed by atoms with Crippen molar-refractivity contribution < 1.29 is 0 Å². The number of thiophene rings is 1. The summed E-state index contributed by atoms with van der Waals surface area (Å²) in [5, 5.41) is 15.7. The zero-order chi connectivity index (χ0) is 12.5. The summed E-state index contributed by atoms with van der Waals surface area (Å²) in [4.78, 5) is 0. The highest BCUT2D eigenvalue weighted by atomic mass is 79.9. The highest BCUT2D eigenvalue weighted by Crippen LogP contribution is 2.27. The number of hydrogen-bond acceptors (Lipinski definition) is 5. The lowest BCUT2D eigenvalue weighted by Crippen LogP contribution is -1.98. The lowest BCUT2D eigenvalue weighted by Gasteiger charge is -2.04. The van der Waals surface area contributed by atoms with Gasteiger partial charge in [0, 0.05) is 21.1 Å². The molecule has 90 valence electrons. The van der Waals surface area contributed by atoms with Crippen molar-refractivity contribution >= 4 is 33.0 Å². The summed E-state index contributed by atoms with van der Waals surface area (Å²) in [6.45, 7) is 0. The smallest absolute Gasteiger partial charge is 0.187 e. The third kappa shape index (κ3) is 1.91. The Balaban J connectivity index is 2.13. The van der Waals surface area contributed by atoms with Crippen LogP contribution in [0.1, 0.15) is 0 Å². The third-order valence-electron chi connectivity index (χ3n) is 2.47. The summed E-state index contributed by atoms with van der Waals surface area (Å²) in [5.74, 6) is 0.674. The van der Waals surface area contributed by atoms with Gasteiger partial charge >= 0.3 is 0 Å². The number of anilines is 1. The number of aromatic nitrogens is 4. The average molecular weight is 322 g/mol. The van der Waals surface area contributed by atoms with Crippen LogP contribution in [0.4, 0.5) is 5.69 Å². The number of rotatable bonds is 2. The third-order valence-corrected chi connectivity index (χ3v) is 3.87. The molecule has 0 atom stereocenters. The Morgan fingerprint density at radius 2 is 2.17 bits per heavy atom. The minimum Gasteiger partial charge on any atom is -0.398 e. The summed E-state index contributed by atoms with van der Waals surface area (Å²) in [5.41, 5.74) is 8.36. The second kappa shape index (κ2) is 4.51. The highest BCUT2D eigenvalue weighted by Gasteiger charge is 2.11. The minimum atomic E-state index is 0.660. The van der Waals surface area contributed by atoms with E-state index in [-0.39, 0.29) is 0 Å². The zero-order valence-corrected chi connectivity index (χ0v) is 11.5. The average Bonchev–Trinajstić information content (AvgIpc) is 3.00. The predicted molar refractivity (Wildman–Crippen MR) is 74.6 cm³/mol. The summed E-state index contributed by atoms with van der Waals surface area (Å²) in [7, 11) is 0. The summed E-state index contributed by atoms with van der Waals surface area (Å²) < 4.78 is 2.56. The van der Waals surface area contributed by atoms with E-state index < -0.39 is 0 Å². The SMILES string of the molecule is Nc1cc(-c2nnnn2-c2ccsc2)ccc1Br. The molecule has 0 amide bonds. The number of nitrogens with two attached hydrogens (primary N) is 1. The lowest BCUT2D eigenvalue weighted by molar-refractivity contribution is 0.793. The monoisotopic (exact) mass is 321 g/mol. The topological polar surface area (TPSA) is 69.6 Å². The molecular formula is C11H8BrN5S. The molecule has 18 heavy (non-hydrogen) atoms. The molecule has 2 aromatic heterocycles. The highest BCUT2D eigenvalue weighted by molar-refractivity contribution is 9.10. The van der Waals surface area contributed by atoms with Crippen LogP contribution in [0.15, 0.2) is 39.5 Å². The molecule has 0 spiro atoms. The first-order valence-corrected chi connectivity index (χ1v) is 6.85. The van der Waals surface area contributed by atoms with Gasteiger partial charge < -0.3 is 5.73 Å². The maximum absolute atomic E-state index is 5.87. The molecular weight excluding hydrogens is 314 g/mol. The quantitative estimate of drug-likeness (QED) is 0.737. The van der Waals surface area contributed by atoms with Gasteiger partial charge in [-0.1, -0.05) is 0 Å². The first-order chi connectivity index (χ1) is 8.75. The first-order valence-electron chi connectivity index (χ1n) is 5.12. The summed E-state index contributed by atoms with van der Waals surface area (Å²) >= 11 is 4.97. The Morgan fingerprint density at radius 1 is 1.28 bits per heavy atom. The predicted octanol–water partition coefficient (Wildman–Crippen LogP) is 2.74. The largest absolute Gasteiger partial charge is 0.398 e. The molecule has 3 rings (SSSR count). The van der Waals surface area contributed by atoms with E-state index in [0.717, 1.165) is 15.7 Å². The van der Waals surface area contributed by atoms with Crippen molar-refractivity contribution in [2.75, 3.05) is 5.73 Å². The number of nitrogens with zero attached hydrogens (tertiary/aromatic N) is 4. The van der Waals surface area contributed by atoms with E-state index in [2.05, 4.69) is 31.5 Å². The van der Waals surface area contributed by atoms with Gasteiger partial charge in [0.05, 0.1) is 5.69 Å². The van der Waals surface area contributed by atoms with Crippen LogP contribution in [-0.4, -0.2) is 20.2 Å². The van der Waals surface area contributed by atoms with Crippen molar-refractivity contribution in [2.45, 2.75) is 0 Å². The number of benzene rings is 1. The molecule has 0 aliphatic rings. The van der Waals surface area contributed by atoms with E-state index in [4.69, 9.17) is 5.73 Å². The van der Waals surface area contributed by atoms with E-state index in [0.29, 0.717) is 11.5 Å². The maximum Gasteiger partial charge on any atom is 0.187 e. The van der Waals surface area contributed by atoms with E-state index in [1.54, 1.807) is 16.0 Å². The van der Waals surface area contributed by atoms with E-state index in [9.17, 15) is 0 Å². The standard InChI is InChI=1S/C11H8BrN5S/c12-9-2-1-7(5-10(9)13)11-14-15-16-17(11)8-3-4-18-6-8/h1-6H,13H2. The Labute approximate surface area is 115 Å². The van der Waals surface area contributed by atoms with Crippen LogP contribution in [-0.2, 0) is 0 Å². The molecule has 0 radical (unpaired) electrons. The fourth-order valence-corrected chi connectivity index (χ4v) is 2.46. The molecule has 2 heterocycles. The molecule has 0 fully saturated rings. The number of tetrazole rings is 1. The van der Waals surface area contributed by atoms with Gasteiger partial charge in [-0.2, -0.15) is 16.0 Å².